The second-order valence-corrected chi connectivity index (χ2v) is 7.57. The Kier molecular flexibility index (Phi) is 9.68. The minimum absolute atomic E-state index is 0.108. The fourth-order valence-corrected chi connectivity index (χ4v) is 3.93. The number of nitrogens with one attached hydrogen (secondary N) is 2. The molecule has 0 amide bonds. The van der Waals surface area contributed by atoms with Crippen LogP contribution in [0.4, 0.5) is 22.7 Å². The topological polar surface area (TPSA) is 105 Å². The molecule has 2 unspecified atom stereocenters. The fourth-order valence-electron chi connectivity index (χ4n) is 3.93. The van der Waals surface area contributed by atoms with Gasteiger partial charge in [-0.3, -0.25) is 0 Å². The zero-order valence-electron chi connectivity index (χ0n) is 21.3. The number of nitrogen functional groups attached to an aromatic ring is 3. The van der Waals surface area contributed by atoms with E-state index in [-0.39, 0.29) is 12.1 Å². The van der Waals surface area contributed by atoms with Crippen molar-refractivity contribution in [3.8, 4) is 0 Å². The molecule has 8 N–H and O–H groups in total. The van der Waals surface area contributed by atoms with E-state index in [1.54, 1.807) is 0 Å². The first-order valence-electron chi connectivity index (χ1n) is 12.0. The van der Waals surface area contributed by atoms with Gasteiger partial charge in [-0.05, 0) is 47.5 Å². The van der Waals surface area contributed by atoms with Crippen molar-refractivity contribution < 1.29 is 0 Å². The lowest BCUT2D eigenvalue weighted by molar-refractivity contribution is 0.358. The quantitative estimate of drug-likeness (QED) is 0.396. The number of allylic oxidation sites excluding steroid dienone is 4. The van der Waals surface area contributed by atoms with Crippen molar-refractivity contribution >= 4 is 34.1 Å². The van der Waals surface area contributed by atoms with E-state index in [4.69, 9.17) is 17.2 Å². The van der Waals surface area contributed by atoms with Gasteiger partial charge in [-0.25, -0.2) is 0 Å². The first-order chi connectivity index (χ1) is 16.5. The summed E-state index contributed by atoms with van der Waals surface area (Å²) in [5.74, 6) is 0. The predicted molar refractivity (Wildman–Crippen MR) is 151 cm³/mol. The van der Waals surface area contributed by atoms with Crippen LogP contribution in [-0.4, -0.2) is 31.1 Å². The van der Waals surface area contributed by atoms with Gasteiger partial charge < -0.3 is 32.7 Å². The van der Waals surface area contributed by atoms with Gasteiger partial charge in [0.1, 0.15) is 0 Å². The third-order valence-corrected chi connectivity index (χ3v) is 5.68. The minimum Gasteiger partial charge on any atom is -0.397 e. The van der Waals surface area contributed by atoms with Crippen LogP contribution in [0.15, 0.2) is 72.9 Å². The maximum atomic E-state index is 6.03. The molecule has 0 radical (unpaired) electrons. The summed E-state index contributed by atoms with van der Waals surface area (Å²) in [6, 6.07) is 12.1. The van der Waals surface area contributed by atoms with Gasteiger partial charge in [0, 0.05) is 25.5 Å². The Hall–Kier alpha value is -3.80. The second-order valence-electron chi connectivity index (χ2n) is 7.57. The normalized spacial score (nSPS) is 18.4. The van der Waals surface area contributed by atoms with Crippen LogP contribution in [0.5, 0.6) is 0 Å². The van der Waals surface area contributed by atoms with Crippen LogP contribution >= 0.6 is 0 Å². The van der Waals surface area contributed by atoms with Gasteiger partial charge in [-0.2, -0.15) is 0 Å². The zero-order valence-corrected chi connectivity index (χ0v) is 21.3. The zero-order chi connectivity index (χ0) is 25.3. The number of hydrogen-bond donors (Lipinski definition) is 5. The number of likely N-dealkylation sites (N-methyl/N-ethyl adjacent to an activating group) is 1. The Labute approximate surface area is 204 Å². The highest BCUT2D eigenvalue weighted by molar-refractivity contribution is 5.77. The molecule has 0 aliphatic carbocycles. The van der Waals surface area contributed by atoms with Crippen LogP contribution in [0.1, 0.15) is 38.8 Å². The molecule has 2 aliphatic heterocycles. The molecule has 2 heterocycles. The molecule has 4 rings (SSSR count). The molecule has 2 atom stereocenters. The third-order valence-electron chi connectivity index (χ3n) is 5.68. The Bertz CT molecular complexity index is 1080. The Morgan fingerprint density at radius 1 is 0.794 bits per heavy atom. The highest BCUT2D eigenvalue weighted by Gasteiger charge is 2.27. The lowest BCUT2D eigenvalue weighted by Gasteiger charge is -2.38. The van der Waals surface area contributed by atoms with Gasteiger partial charge in [0.25, 0.3) is 0 Å². The molecule has 0 fully saturated rings. The molecule has 182 valence electrons. The summed E-state index contributed by atoms with van der Waals surface area (Å²) in [4.78, 5) is 2.26. The molecule has 0 saturated heterocycles. The van der Waals surface area contributed by atoms with Crippen LogP contribution in [0.2, 0.25) is 0 Å². The van der Waals surface area contributed by atoms with Crippen molar-refractivity contribution in [1.29, 1.82) is 0 Å². The maximum Gasteiger partial charge on any atom is 0.0710 e. The number of nitrogens with zero attached hydrogens (tertiary/aromatic N) is 1. The third kappa shape index (κ3) is 5.76. The van der Waals surface area contributed by atoms with Crippen molar-refractivity contribution in [3.05, 3.63) is 84.0 Å². The number of dihydropyridines is 1. The van der Waals surface area contributed by atoms with E-state index in [1.165, 1.54) is 0 Å². The number of rotatable bonds is 4. The van der Waals surface area contributed by atoms with Crippen LogP contribution in [0.25, 0.3) is 11.4 Å². The monoisotopic (exact) mass is 460 g/mol. The lowest BCUT2D eigenvalue weighted by Crippen LogP contribution is -2.46. The lowest BCUT2D eigenvalue weighted by atomic mass is 9.96. The predicted octanol–water partition coefficient (Wildman–Crippen LogP) is 5.31. The Morgan fingerprint density at radius 2 is 1.44 bits per heavy atom. The minimum atomic E-state index is 0.108. The number of hydrogen-bond acceptors (Lipinski definition) is 6. The van der Waals surface area contributed by atoms with Gasteiger partial charge in [-0.1, -0.05) is 64.1 Å². The van der Waals surface area contributed by atoms with E-state index >= 15 is 0 Å². The molecule has 34 heavy (non-hydrogen) atoms. The van der Waals surface area contributed by atoms with E-state index in [0.717, 1.165) is 33.9 Å². The van der Waals surface area contributed by atoms with E-state index in [2.05, 4.69) is 65.1 Å². The SMILES string of the molecule is CC.CC.CNc1cc(C2=CC=CC(C3C=CC=C(c4ccc(N)c(N)c4)N3C)N2)ccc1N. The van der Waals surface area contributed by atoms with Crippen molar-refractivity contribution in [2.75, 3.05) is 36.6 Å². The van der Waals surface area contributed by atoms with Crippen molar-refractivity contribution in [3.63, 3.8) is 0 Å². The number of benzene rings is 2. The molecule has 2 aromatic rings. The van der Waals surface area contributed by atoms with Crippen molar-refractivity contribution in [1.82, 2.24) is 10.2 Å². The van der Waals surface area contributed by atoms with Crippen LogP contribution in [0.3, 0.4) is 0 Å². The van der Waals surface area contributed by atoms with Crippen LogP contribution < -0.4 is 27.8 Å². The summed E-state index contributed by atoms with van der Waals surface area (Å²) in [6.07, 6.45) is 12.8. The molecular formula is C28H40N6. The number of anilines is 4. The van der Waals surface area contributed by atoms with Crippen LogP contribution in [-0.2, 0) is 0 Å². The van der Waals surface area contributed by atoms with Crippen molar-refractivity contribution in [2.45, 2.75) is 39.8 Å². The van der Waals surface area contributed by atoms with E-state index in [0.29, 0.717) is 11.4 Å². The average molecular weight is 461 g/mol. The van der Waals surface area contributed by atoms with Gasteiger partial charge in [-0.15, -0.1) is 0 Å². The average Bonchev–Trinajstić information content (AvgIpc) is 2.89. The number of nitrogens with two attached hydrogens (primary N) is 3. The molecule has 2 aromatic carbocycles. The summed E-state index contributed by atoms with van der Waals surface area (Å²) in [7, 11) is 3.98. The molecule has 2 aliphatic rings. The van der Waals surface area contributed by atoms with E-state index in [9.17, 15) is 0 Å². The summed E-state index contributed by atoms with van der Waals surface area (Å²) in [5.41, 5.74) is 25.1. The maximum absolute atomic E-state index is 6.03. The fraction of sp³-hybridized carbons (Fsp3) is 0.286. The summed E-state index contributed by atoms with van der Waals surface area (Å²) in [5, 5.41) is 6.82. The van der Waals surface area contributed by atoms with Gasteiger partial charge in [0.05, 0.1) is 34.8 Å². The highest BCUT2D eigenvalue weighted by Crippen LogP contribution is 2.31. The molecule has 6 heteroatoms. The van der Waals surface area contributed by atoms with Gasteiger partial charge in [0.15, 0.2) is 0 Å². The molecule has 0 aromatic heterocycles. The molecular weight excluding hydrogens is 420 g/mol. The summed E-state index contributed by atoms with van der Waals surface area (Å²) in [6.45, 7) is 8.00. The first-order valence-corrected chi connectivity index (χ1v) is 12.0. The molecule has 0 spiro atoms. The van der Waals surface area contributed by atoms with Gasteiger partial charge in [0.2, 0.25) is 0 Å². The molecule has 0 saturated carbocycles. The summed E-state index contributed by atoms with van der Waals surface area (Å²) < 4.78 is 0. The standard InChI is InChI=1S/C24H28N6.2C2H6/c1-28-22-14-15(9-12-18(22)26)20-5-3-6-21(29-20)24-8-4-7-23(30(24)2)16-10-11-17(25)19(27)13-16;2*1-2/h3-14,21,24,28-29H,25-27H2,1-2H3;2*1-2H3. The first kappa shape index (κ1) is 26.5. The van der Waals surface area contributed by atoms with Gasteiger partial charge >= 0.3 is 0 Å². The smallest absolute Gasteiger partial charge is 0.0710 e. The molecule has 6 nitrogen and oxygen atoms in total. The largest absolute Gasteiger partial charge is 0.397 e. The Morgan fingerprint density at radius 3 is 2.12 bits per heavy atom. The van der Waals surface area contributed by atoms with E-state index < -0.39 is 0 Å². The van der Waals surface area contributed by atoms with E-state index in [1.807, 2.05) is 65.1 Å². The summed E-state index contributed by atoms with van der Waals surface area (Å²) >= 11 is 0. The highest BCUT2D eigenvalue weighted by atomic mass is 15.2. The Balaban J connectivity index is 0.000000970. The second kappa shape index (κ2) is 12.4. The van der Waals surface area contributed by atoms with Crippen LogP contribution in [0, 0.1) is 0 Å². The molecule has 0 bridgehead atoms. The van der Waals surface area contributed by atoms with Crippen molar-refractivity contribution in [2.24, 2.45) is 0 Å².